The van der Waals surface area contributed by atoms with Gasteiger partial charge in [0.15, 0.2) is 0 Å². The van der Waals surface area contributed by atoms with Crippen LogP contribution in [0.5, 0.6) is 0 Å². The summed E-state index contributed by atoms with van der Waals surface area (Å²) in [6.07, 6.45) is 3.58. The van der Waals surface area contributed by atoms with E-state index in [2.05, 4.69) is 21.2 Å². The van der Waals surface area contributed by atoms with E-state index < -0.39 is 17.7 Å². The van der Waals surface area contributed by atoms with E-state index in [1.54, 1.807) is 24.3 Å². The lowest BCUT2D eigenvalue weighted by molar-refractivity contribution is -0.139. The van der Waals surface area contributed by atoms with Crippen LogP contribution >= 0.6 is 0 Å². The molecule has 2 aromatic heterocycles. The fraction of sp³-hybridized carbons (Fsp3) is 0.200. The number of hydrazine groups is 1. The van der Waals surface area contributed by atoms with Gasteiger partial charge in [0.2, 0.25) is 0 Å². The molecule has 1 aromatic carbocycles. The van der Waals surface area contributed by atoms with Gasteiger partial charge in [-0.05, 0) is 37.1 Å². The summed E-state index contributed by atoms with van der Waals surface area (Å²) in [6.45, 7) is 0.0763. The minimum absolute atomic E-state index is 0.0763. The third-order valence-electron chi connectivity index (χ3n) is 4.48. The number of fused-ring (bicyclic) bond motifs is 1. The Kier molecular flexibility index (Phi) is 4.76. The number of pyridine rings is 1. The molecular weight excluding hydrogens is 360 g/mol. The molecule has 2 heterocycles. The first-order chi connectivity index (χ1) is 13.6. The fourth-order valence-electron chi connectivity index (χ4n) is 2.87. The van der Waals surface area contributed by atoms with Gasteiger partial charge in [-0.1, -0.05) is 18.2 Å². The quantitative estimate of drug-likeness (QED) is 0.473. The highest BCUT2D eigenvalue weighted by molar-refractivity contribution is 6.35. The van der Waals surface area contributed by atoms with E-state index in [4.69, 9.17) is 4.42 Å². The van der Waals surface area contributed by atoms with Crippen molar-refractivity contribution in [3.8, 4) is 0 Å². The van der Waals surface area contributed by atoms with Crippen LogP contribution in [0.2, 0.25) is 0 Å². The molecule has 3 aromatic rings. The second-order valence-corrected chi connectivity index (χ2v) is 6.56. The molecule has 4 rings (SSSR count). The average Bonchev–Trinajstić information content (AvgIpc) is 3.44. The molecule has 3 N–H and O–H groups in total. The van der Waals surface area contributed by atoms with Crippen molar-refractivity contribution in [3.63, 3.8) is 0 Å². The predicted octanol–water partition coefficient (Wildman–Crippen LogP) is 1.78. The Morgan fingerprint density at radius 3 is 2.61 bits per heavy atom. The molecule has 0 unspecified atom stereocenters. The van der Waals surface area contributed by atoms with Gasteiger partial charge in [0.05, 0.1) is 23.9 Å². The van der Waals surface area contributed by atoms with E-state index in [1.165, 1.54) is 6.26 Å². The number of rotatable bonds is 4. The van der Waals surface area contributed by atoms with Crippen LogP contribution in [-0.4, -0.2) is 22.7 Å². The molecule has 0 saturated heterocycles. The molecule has 8 heteroatoms. The molecule has 0 aliphatic heterocycles. The minimum Gasteiger partial charge on any atom is -0.467 e. The van der Waals surface area contributed by atoms with Gasteiger partial charge in [0, 0.05) is 17.0 Å². The van der Waals surface area contributed by atoms with Gasteiger partial charge >= 0.3 is 11.8 Å². The standard InChI is InChI=1S/C20H18N4O4/c25-18(23-24-20(27)19(26)21-11-13-4-3-9-28-13)15-10-17(12-7-8-12)22-16-6-2-1-5-14(15)16/h1-6,9-10,12H,7-8,11H2,(H,21,26)(H,23,25)(H,24,27). The lowest BCUT2D eigenvalue weighted by atomic mass is 10.1. The summed E-state index contributed by atoms with van der Waals surface area (Å²) in [7, 11) is 0. The van der Waals surface area contributed by atoms with E-state index in [9.17, 15) is 14.4 Å². The lowest BCUT2D eigenvalue weighted by Crippen LogP contribution is -2.48. The Morgan fingerprint density at radius 2 is 1.86 bits per heavy atom. The first-order valence-electron chi connectivity index (χ1n) is 8.92. The molecule has 8 nitrogen and oxygen atoms in total. The van der Waals surface area contributed by atoms with Crippen molar-refractivity contribution in [1.29, 1.82) is 0 Å². The summed E-state index contributed by atoms with van der Waals surface area (Å²) in [5, 5.41) is 3.09. The number of para-hydroxylation sites is 1. The molecule has 3 amide bonds. The number of nitrogens with zero attached hydrogens (tertiary/aromatic N) is 1. The molecule has 1 saturated carbocycles. The van der Waals surface area contributed by atoms with Crippen molar-refractivity contribution in [1.82, 2.24) is 21.2 Å². The molecular formula is C20H18N4O4. The van der Waals surface area contributed by atoms with Gasteiger partial charge in [-0.15, -0.1) is 0 Å². The maximum Gasteiger partial charge on any atom is 0.327 e. The molecule has 0 atom stereocenters. The maximum atomic E-state index is 12.6. The molecule has 1 aliphatic rings. The lowest BCUT2D eigenvalue weighted by Gasteiger charge is -2.11. The van der Waals surface area contributed by atoms with Gasteiger partial charge < -0.3 is 9.73 Å². The van der Waals surface area contributed by atoms with Crippen LogP contribution in [0.4, 0.5) is 0 Å². The van der Waals surface area contributed by atoms with Crippen molar-refractivity contribution in [2.75, 3.05) is 0 Å². The van der Waals surface area contributed by atoms with Crippen molar-refractivity contribution in [2.24, 2.45) is 0 Å². The third kappa shape index (κ3) is 3.85. The first-order valence-corrected chi connectivity index (χ1v) is 8.92. The SMILES string of the molecule is O=C(NCc1ccco1)C(=O)NNC(=O)c1cc(C2CC2)nc2ccccc12. The zero-order valence-corrected chi connectivity index (χ0v) is 14.9. The number of furan rings is 1. The number of amides is 3. The van der Waals surface area contributed by atoms with Crippen molar-refractivity contribution in [2.45, 2.75) is 25.3 Å². The third-order valence-corrected chi connectivity index (χ3v) is 4.48. The average molecular weight is 378 g/mol. The van der Waals surface area contributed by atoms with Gasteiger partial charge in [0.1, 0.15) is 5.76 Å². The number of nitrogens with one attached hydrogen (secondary N) is 3. The Labute approximate surface area is 160 Å². The number of hydrogen-bond acceptors (Lipinski definition) is 5. The number of hydrogen-bond donors (Lipinski definition) is 3. The molecule has 142 valence electrons. The number of carbonyl (C=O) groups excluding carboxylic acids is 3. The molecule has 1 fully saturated rings. The summed E-state index contributed by atoms with van der Waals surface area (Å²) < 4.78 is 5.07. The molecule has 28 heavy (non-hydrogen) atoms. The van der Waals surface area contributed by atoms with E-state index >= 15 is 0 Å². The summed E-state index contributed by atoms with van der Waals surface area (Å²) in [5.74, 6) is -1.47. The van der Waals surface area contributed by atoms with E-state index in [0.717, 1.165) is 24.1 Å². The number of benzene rings is 1. The van der Waals surface area contributed by atoms with Crippen LogP contribution in [0.15, 0.2) is 53.1 Å². The Balaban J connectivity index is 1.42. The van der Waals surface area contributed by atoms with E-state index in [1.807, 2.05) is 18.2 Å². The summed E-state index contributed by atoms with van der Waals surface area (Å²) >= 11 is 0. The van der Waals surface area contributed by atoms with Crippen LogP contribution in [0, 0.1) is 0 Å². The topological polar surface area (TPSA) is 113 Å². The van der Waals surface area contributed by atoms with Crippen LogP contribution in [-0.2, 0) is 16.1 Å². The Bertz CT molecular complexity index is 1040. The monoisotopic (exact) mass is 378 g/mol. The first kappa shape index (κ1) is 17.7. The van der Waals surface area contributed by atoms with Crippen LogP contribution in [0.3, 0.4) is 0 Å². The smallest absolute Gasteiger partial charge is 0.327 e. The predicted molar refractivity (Wildman–Crippen MR) is 99.9 cm³/mol. The summed E-state index contributed by atoms with van der Waals surface area (Å²) in [4.78, 5) is 41.0. The second-order valence-electron chi connectivity index (χ2n) is 6.56. The van der Waals surface area contributed by atoms with Gasteiger partial charge in [-0.3, -0.25) is 30.2 Å². The highest BCUT2D eigenvalue weighted by atomic mass is 16.3. The molecule has 1 aliphatic carbocycles. The van der Waals surface area contributed by atoms with Gasteiger partial charge in [-0.25, -0.2) is 0 Å². The van der Waals surface area contributed by atoms with E-state index in [0.29, 0.717) is 22.6 Å². The van der Waals surface area contributed by atoms with E-state index in [-0.39, 0.29) is 6.54 Å². The Hall–Kier alpha value is -3.68. The second kappa shape index (κ2) is 7.51. The zero-order valence-electron chi connectivity index (χ0n) is 14.9. The molecule has 0 spiro atoms. The zero-order chi connectivity index (χ0) is 19.5. The fourth-order valence-corrected chi connectivity index (χ4v) is 2.87. The van der Waals surface area contributed by atoms with Crippen molar-refractivity contribution < 1.29 is 18.8 Å². The Morgan fingerprint density at radius 1 is 1.04 bits per heavy atom. The maximum absolute atomic E-state index is 12.6. The normalized spacial score (nSPS) is 13.1. The number of carbonyl (C=O) groups is 3. The minimum atomic E-state index is -0.972. The number of aromatic nitrogens is 1. The summed E-state index contributed by atoms with van der Waals surface area (Å²) in [5.41, 5.74) is 6.43. The largest absolute Gasteiger partial charge is 0.467 e. The van der Waals surface area contributed by atoms with Gasteiger partial charge in [0.25, 0.3) is 5.91 Å². The van der Waals surface area contributed by atoms with Crippen molar-refractivity contribution in [3.05, 3.63) is 65.7 Å². The molecule has 0 radical (unpaired) electrons. The molecule has 0 bridgehead atoms. The highest BCUT2D eigenvalue weighted by Crippen LogP contribution is 2.40. The van der Waals surface area contributed by atoms with Crippen LogP contribution in [0.25, 0.3) is 10.9 Å². The van der Waals surface area contributed by atoms with Gasteiger partial charge in [-0.2, -0.15) is 0 Å². The van der Waals surface area contributed by atoms with Crippen LogP contribution < -0.4 is 16.2 Å². The summed E-state index contributed by atoms with van der Waals surface area (Å²) in [6, 6.07) is 12.4. The highest BCUT2D eigenvalue weighted by Gasteiger charge is 2.27. The van der Waals surface area contributed by atoms with Crippen LogP contribution in [0.1, 0.15) is 40.6 Å². The van der Waals surface area contributed by atoms with Crippen molar-refractivity contribution >= 4 is 28.6 Å².